The van der Waals surface area contributed by atoms with Crippen molar-refractivity contribution >= 4 is 0 Å². The highest BCUT2D eigenvalue weighted by Gasteiger charge is 2.29. The Balaban J connectivity index is 2.55. The van der Waals surface area contributed by atoms with Gasteiger partial charge in [0.15, 0.2) is 23.3 Å². The predicted octanol–water partition coefficient (Wildman–Crippen LogP) is 3.44. The minimum Gasteiger partial charge on any atom is -0.497 e. The molecule has 21 heavy (non-hydrogen) atoms. The van der Waals surface area contributed by atoms with Crippen LogP contribution in [0.15, 0.2) is 24.3 Å². The van der Waals surface area contributed by atoms with Gasteiger partial charge in [-0.15, -0.1) is 0 Å². The van der Waals surface area contributed by atoms with Crippen LogP contribution < -0.4 is 10.5 Å². The van der Waals surface area contributed by atoms with Gasteiger partial charge in [0.25, 0.3) is 0 Å². The molecule has 0 aliphatic heterocycles. The molecule has 2 rings (SSSR count). The topological polar surface area (TPSA) is 35.2 Å². The molecule has 0 aliphatic rings. The lowest BCUT2D eigenvalue weighted by Gasteiger charge is -2.16. The van der Waals surface area contributed by atoms with Gasteiger partial charge in [-0.2, -0.15) is 0 Å². The van der Waals surface area contributed by atoms with Crippen molar-refractivity contribution in [1.29, 1.82) is 0 Å². The molecule has 0 amide bonds. The number of benzene rings is 2. The summed E-state index contributed by atoms with van der Waals surface area (Å²) in [5, 5.41) is 0. The molecular weight excluding hydrogens is 293 g/mol. The van der Waals surface area contributed by atoms with Gasteiger partial charge < -0.3 is 10.5 Å². The average molecular weight is 303 g/mol. The molecule has 0 saturated carbocycles. The number of nitrogens with two attached hydrogens (primary N) is 1. The summed E-state index contributed by atoms with van der Waals surface area (Å²) in [6.45, 7) is 0. The third-order valence-corrected chi connectivity index (χ3v) is 3.03. The maximum atomic E-state index is 13.7. The van der Waals surface area contributed by atoms with Crippen LogP contribution in [0.2, 0.25) is 0 Å². The van der Waals surface area contributed by atoms with Gasteiger partial charge in [-0.05, 0) is 17.7 Å². The first-order valence-electron chi connectivity index (χ1n) is 5.79. The SMILES string of the molecule is COc1ccc(C(N)c2c(F)c(F)c(F)c(F)c2F)cc1. The van der Waals surface area contributed by atoms with Crippen molar-refractivity contribution < 1.29 is 26.7 Å². The monoisotopic (exact) mass is 303 g/mol. The number of hydrogen-bond donors (Lipinski definition) is 1. The Morgan fingerprint density at radius 2 is 1.24 bits per heavy atom. The van der Waals surface area contributed by atoms with Crippen LogP contribution in [0.3, 0.4) is 0 Å². The Morgan fingerprint density at radius 1 is 0.810 bits per heavy atom. The maximum absolute atomic E-state index is 13.7. The van der Waals surface area contributed by atoms with Crippen LogP contribution in [0.25, 0.3) is 0 Å². The first-order valence-corrected chi connectivity index (χ1v) is 5.79. The molecule has 0 aromatic heterocycles. The summed E-state index contributed by atoms with van der Waals surface area (Å²) in [5.74, 6) is -9.66. The summed E-state index contributed by atoms with van der Waals surface area (Å²) >= 11 is 0. The van der Waals surface area contributed by atoms with Gasteiger partial charge in [-0.1, -0.05) is 12.1 Å². The van der Waals surface area contributed by atoms with Gasteiger partial charge in [0, 0.05) is 0 Å². The second-order valence-electron chi connectivity index (χ2n) is 4.23. The molecule has 112 valence electrons. The van der Waals surface area contributed by atoms with E-state index in [0.717, 1.165) is 0 Å². The molecule has 7 heteroatoms. The van der Waals surface area contributed by atoms with Crippen LogP contribution in [0.1, 0.15) is 17.2 Å². The normalized spacial score (nSPS) is 12.3. The van der Waals surface area contributed by atoms with Gasteiger partial charge in [0.05, 0.1) is 18.7 Å². The minimum atomic E-state index is -2.21. The van der Waals surface area contributed by atoms with Gasteiger partial charge in [0.2, 0.25) is 5.82 Å². The third kappa shape index (κ3) is 2.56. The zero-order chi connectivity index (χ0) is 15.7. The van der Waals surface area contributed by atoms with E-state index in [-0.39, 0.29) is 5.56 Å². The first-order chi connectivity index (χ1) is 9.88. The zero-order valence-electron chi connectivity index (χ0n) is 10.8. The third-order valence-electron chi connectivity index (χ3n) is 3.03. The van der Waals surface area contributed by atoms with Gasteiger partial charge in [-0.3, -0.25) is 0 Å². The van der Waals surface area contributed by atoms with E-state index in [1.165, 1.54) is 31.4 Å². The number of methoxy groups -OCH3 is 1. The van der Waals surface area contributed by atoms with Crippen LogP contribution in [-0.2, 0) is 0 Å². The molecule has 1 unspecified atom stereocenters. The van der Waals surface area contributed by atoms with Gasteiger partial charge in [-0.25, -0.2) is 22.0 Å². The van der Waals surface area contributed by atoms with Crippen molar-refractivity contribution in [3.8, 4) is 5.75 Å². The van der Waals surface area contributed by atoms with Crippen LogP contribution in [0.4, 0.5) is 22.0 Å². The van der Waals surface area contributed by atoms with Crippen LogP contribution in [0, 0.1) is 29.1 Å². The van der Waals surface area contributed by atoms with Crippen molar-refractivity contribution in [3.05, 3.63) is 64.5 Å². The lowest BCUT2D eigenvalue weighted by molar-refractivity contribution is 0.367. The number of ether oxygens (including phenoxy) is 1. The fourth-order valence-corrected chi connectivity index (χ4v) is 1.87. The Morgan fingerprint density at radius 3 is 1.67 bits per heavy atom. The van der Waals surface area contributed by atoms with E-state index in [1.54, 1.807) is 0 Å². The summed E-state index contributed by atoms with van der Waals surface area (Å²) in [7, 11) is 1.42. The van der Waals surface area contributed by atoms with E-state index >= 15 is 0 Å². The quantitative estimate of drug-likeness (QED) is 0.535. The predicted molar refractivity (Wildman–Crippen MR) is 65.3 cm³/mol. The van der Waals surface area contributed by atoms with Gasteiger partial charge >= 0.3 is 0 Å². The largest absolute Gasteiger partial charge is 0.497 e. The van der Waals surface area contributed by atoms with E-state index in [1.807, 2.05) is 0 Å². The summed E-state index contributed by atoms with van der Waals surface area (Å²) in [5.41, 5.74) is 4.73. The molecule has 0 fully saturated rings. The smallest absolute Gasteiger partial charge is 0.200 e. The fraction of sp³-hybridized carbons (Fsp3) is 0.143. The van der Waals surface area contributed by atoms with E-state index < -0.39 is 40.7 Å². The molecule has 0 bridgehead atoms. The van der Waals surface area contributed by atoms with Crippen molar-refractivity contribution in [2.45, 2.75) is 6.04 Å². The summed E-state index contributed by atoms with van der Waals surface area (Å²) in [6, 6.07) is 4.17. The minimum absolute atomic E-state index is 0.180. The van der Waals surface area contributed by atoms with E-state index in [4.69, 9.17) is 10.5 Å². The van der Waals surface area contributed by atoms with E-state index in [0.29, 0.717) is 5.75 Å². The highest BCUT2D eigenvalue weighted by molar-refractivity contribution is 5.37. The number of rotatable bonds is 3. The van der Waals surface area contributed by atoms with Gasteiger partial charge in [0.1, 0.15) is 5.75 Å². The molecule has 2 aromatic rings. The van der Waals surface area contributed by atoms with Crippen molar-refractivity contribution in [2.24, 2.45) is 5.73 Å². The lowest BCUT2D eigenvalue weighted by Crippen LogP contribution is -2.19. The highest BCUT2D eigenvalue weighted by Crippen LogP contribution is 2.30. The second-order valence-corrected chi connectivity index (χ2v) is 4.23. The van der Waals surface area contributed by atoms with E-state index in [9.17, 15) is 22.0 Å². The molecule has 1 atom stereocenters. The standard InChI is InChI=1S/C14H10F5NO/c1-21-7-4-2-6(3-5-7)14(20)8-9(15)11(17)13(19)12(18)10(8)16/h2-5,14H,20H2,1H3. The molecular formula is C14H10F5NO. The molecule has 0 aliphatic carbocycles. The lowest BCUT2D eigenvalue weighted by atomic mass is 9.98. The zero-order valence-corrected chi connectivity index (χ0v) is 10.8. The molecule has 2 aromatic carbocycles. The van der Waals surface area contributed by atoms with Crippen LogP contribution >= 0.6 is 0 Å². The Bertz CT molecular complexity index is 643. The Hall–Kier alpha value is -2.15. The first kappa shape index (κ1) is 15.2. The van der Waals surface area contributed by atoms with Crippen molar-refractivity contribution in [1.82, 2.24) is 0 Å². The molecule has 0 saturated heterocycles. The summed E-state index contributed by atoms with van der Waals surface area (Å²) < 4.78 is 71.5. The van der Waals surface area contributed by atoms with Crippen LogP contribution in [-0.4, -0.2) is 7.11 Å². The highest BCUT2D eigenvalue weighted by atomic mass is 19.2. The molecule has 0 spiro atoms. The second kappa shape index (κ2) is 5.69. The van der Waals surface area contributed by atoms with Crippen molar-refractivity contribution in [2.75, 3.05) is 7.11 Å². The van der Waals surface area contributed by atoms with Crippen molar-refractivity contribution in [3.63, 3.8) is 0 Å². The molecule has 2 N–H and O–H groups in total. The summed E-state index contributed by atoms with van der Waals surface area (Å²) in [6.07, 6.45) is 0. The fourth-order valence-electron chi connectivity index (χ4n) is 1.87. The molecule has 2 nitrogen and oxygen atoms in total. The van der Waals surface area contributed by atoms with E-state index in [2.05, 4.69) is 0 Å². The summed E-state index contributed by atoms with van der Waals surface area (Å²) in [4.78, 5) is 0. The number of halogens is 5. The molecule has 0 radical (unpaired) electrons. The molecule has 0 heterocycles. The Labute approximate surface area is 116 Å². The van der Waals surface area contributed by atoms with Crippen LogP contribution in [0.5, 0.6) is 5.75 Å². The average Bonchev–Trinajstić information content (AvgIpc) is 2.51. The maximum Gasteiger partial charge on any atom is 0.200 e. The Kier molecular flexibility index (Phi) is 4.13. The number of hydrogen-bond acceptors (Lipinski definition) is 2.